The molecule has 3 aliphatic rings. The third-order valence-electron chi connectivity index (χ3n) is 9.25. The van der Waals surface area contributed by atoms with Gasteiger partial charge in [0.2, 0.25) is 0 Å². The summed E-state index contributed by atoms with van der Waals surface area (Å²) >= 11 is 0. The second-order valence-corrected chi connectivity index (χ2v) is 13.4. The lowest BCUT2D eigenvalue weighted by Gasteiger charge is -2.43. The average Bonchev–Trinajstić information content (AvgIpc) is 3.13. The molecule has 2 aromatic carbocycles. The van der Waals surface area contributed by atoms with Crippen molar-refractivity contribution in [3.63, 3.8) is 0 Å². The Labute approximate surface area is 242 Å². The van der Waals surface area contributed by atoms with Gasteiger partial charge in [-0.3, -0.25) is 9.52 Å². The maximum absolute atomic E-state index is 13.3. The summed E-state index contributed by atoms with van der Waals surface area (Å²) in [6, 6.07) is 14.4. The molecule has 0 spiro atoms. The van der Waals surface area contributed by atoms with E-state index in [1.807, 2.05) is 19.1 Å². The fourth-order valence-corrected chi connectivity index (χ4v) is 7.45. The summed E-state index contributed by atoms with van der Waals surface area (Å²) in [5.41, 5.74) is 4.19. The van der Waals surface area contributed by atoms with Crippen molar-refractivity contribution in [3.05, 3.63) is 71.3 Å². The Morgan fingerprint density at radius 2 is 1.95 bits per heavy atom. The van der Waals surface area contributed by atoms with Crippen LogP contribution in [0.2, 0.25) is 0 Å². The van der Waals surface area contributed by atoms with E-state index >= 15 is 0 Å². The third-order valence-corrected chi connectivity index (χ3v) is 10.8. The molecule has 2 aliphatic heterocycles. The Hall–Kier alpha value is -2.64. The maximum atomic E-state index is 13.3. The van der Waals surface area contributed by atoms with E-state index in [-0.39, 0.29) is 29.1 Å². The molecule has 7 atom stereocenters. The molecule has 7 unspecified atom stereocenters. The van der Waals surface area contributed by atoms with E-state index in [0.29, 0.717) is 24.0 Å². The standard InChI is InChI=1S/C33H44N2O4S/c1-5-9-24-11-6-7-12-28(24)27-20-35-19-26-14-16-29(26)31(38-4)13-8-10-22(2)23(3)40(37)34-33(36)25-15-17-32(39-21-27)30(35)18-25/h6-8,11-13,15,17-18,22-23,26-27,29,31H,5,9-10,14,16,19-21H2,1-4H3,(H,34,36)/b13-8+. The van der Waals surface area contributed by atoms with E-state index < -0.39 is 11.0 Å². The summed E-state index contributed by atoms with van der Waals surface area (Å²) < 4.78 is 28.3. The third kappa shape index (κ3) is 6.15. The summed E-state index contributed by atoms with van der Waals surface area (Å²) in [7, 11) is 0.317. The molecule has 40 heavy (non-hydrogen) atoms. The van der Waals surface area contributed by atoms with Gasteiger partial charge in [-0.25, -0.2) is 4.21 Å². The summed E-state index contributed by atoms with van der Waals surface area (Å²) in [6.45, 7) is 8.54. The first-order chi connectivity index (χ1) is 19.4. The van der Waals surface area contributed by atoms with Gasteiger partial charge >= 0.3 is 0 Å². The predicted molar refractivity (Wildman–Crippen MR) is 162 cm³/mol. The summed E-state index contributed by atoms with van der Waals surface area (Å²) in [5, 5.41) is -0.177. The van der Waals surface area contributed by atoms with Crippen molar-refractivity contribution in [3.8, 4) is 5.75 Å². The van der Waals surface area contributed by atoms with Crippen molar-refractivity contribution in [2.24, 2.45) is 17.8 Å². The van der Waals surface area contributed by atoms with Crippen molar-refractivity contribution in [1.82, 2.24) is 4.72 Å². The van der Waals surface area contributed by atoms with Crippen LogP contribution >= 0.6 is 0 Å². The SMILES string of the molecule is CCCc1ccccc1C1COc2ccc3cc2N(C1)CC1CCC1C(OC)/C=C/CC(C)C(C)S(=O)NC3=O. The lowest BCUT2D eigenvalue weighted by Crippen LogP contribution is -2.44. The minimum Gasteiger partial charge on any atom is -0.491 e. The molecule has 0 aromatic heterocycles. The highest BCUT2D eigenvalue weighted by molar-refractivity contribution is 7.84. The molecule has 0 saturated heterocycles. The van der Waals surface area contributed by atoms with Crippen molar-refractivity contribution in [2.45, 2.75) is 70.1 Å². The summed E-state index contributed by atoms with van der Waals surface area (Å²) in [6.07, 6.45) is 9.69. The number of amides is 1. The van der Waals surface area contributed by atoms with Gasteiger partial charge in [-0.05, 0) is 79.7 Å². The van der Waals surface area contributed by atoms with Crippen LogP contribution in [-0.4, -0.2) is 48.3 Å². The quantitative estimate of drug-likeness (QED) is 0.459. The number of hydrogen-bond donors (Lipinski definition) is 1. The Balaban J connectivity index is 1.52. The Morgan fingerprint density at radius 1 is 1.12 bits per heavy atom. The maximum Gasteiger partial charge on any atom is 0.263 e. The van der Waals surface area contributed by atoms with Crippen LogP contribution < -0.4 is 14.4 Å². The number of anilines is 1. The lowest BCUT2D eigenvalue weighted by atomic mass is 9.70. The number of nitrogens with one attached hydrogen (secondary N) is 1. The van der Waals surface area contributed by atoms with E-state index in [9.17, 15) is 9.00 Å². The van der Waals surface area contributed by atoms with Crippen LogP contribution in [0.3, 0.4) is 0 Å². The van der Waals surface area contributed by atoms with E-state index in [0.717, 1.165) is 56.6 Å². The van der Waals surface area contributed by atoms with Crippen LogP contribution in [0.4, 0.5) is 5.69 Å². The number of allylic oxidation sites excluding steroid dienone is 1. The van der Waals surface area contributed by atoms with Crippen molar-refractivity contribution < 1.29 is 18.5 Å². The van der Waals surface area contributed by atoms with Crippen molar-refractivity contribution in [1.29, 1.82) is 0 Å². The molecular weight excluding hydrogens is 520 g/mol. The first-order valence-electron chi connectivity index (χ1n) is 14.9. The monoisotopic (exact) mass is 564 g/mol. The lowest BCUT2D eigenvalue weighted by molar-refractivity contribution is 0.0134. The minimum absolute atomic E-state index is 0.0643. The molecule has 1 fully saturated rings. The van der Waals surface area contributed by atoms with Gasteiger partial charge in [0.1, 0.15) is 16.7 Å². The molecule has 1 aliphatic carbocycles. The number of benzene rings is 2. The number of fused-ring (bicyclic) bond motifs is 2. The Kier molecular flexibility index (Phi) is 9.31. The summed E-state index contributed by atoms with van der Waals surface area (Å²) in [4.78, 5) is 15.7. The zero-order chi connectivity index (χ0) is 28.2. The molecule has 2 bridgehead atoms. The van der Waals surface area contributed by atoms with Crippen LogP contribution in [0.1, 0.15) is 73.9 Å². The number of rotatable bonds is 4. The van der Waals surface area contributed by atoms with Crippen LogP contribution in [0.5, 0.6) is 5.75 Å². The summed E-state index contributed by atoms with van der Waals surface area (Å²) in [5.74, 6) is 1.79. The second-order valence-electron chi connectivity index (χ2n) is 11.8. The molecular formula is C33H44N2O4S. The molecule has 2 heterocycles. The highest BCUT2D eigenvalue weighted by Crippen LogP contribution is 2.43. The van der Waals surface area contributed by atoms with E-state index in [1.165, 1.54) is 11.1 Å². The number of methoxy groups -OCH3 is 1. The van der Waals surface area contributed by atoms with Crippen LogP contribution in [0, 0.1) is 17.8 Å². The van der Waals surface area contributed by atoms with E-state index in [4.69, 9.17) is 9.47 Å². The topological polar surface area (TPSA) is 67.9 Å². The van der Waals surface area contributed by atoms with E-state index in [1.54, 1.807) is 13.2 Å². The smallest absolute Gasteiger partial charge is 0.263 e. The predicted octanol–water partition coefficient (Wildman–Crippen LogP) is 6.04. The number of carbonyl (C=O) groups excluding carboxylic acids is 1. The first kappa shape index (κ1) is 28.9. The van der Waals surface area contributed by atoms with Gasteiger partial charge in [-0.1, -0.05) is 56.7 Å². The zero-order valence-electron chi connectivity index (χ0n) is 24.3. The largest absolute Gasteiger partial charge is 0.491 e. The van der Waals surface area contributed by atoms with Crippen molar-refractivity contribution in [2.75, 3.05) is 31.7 Å². The number of nitrogens with zero attached hydrogens (tertiary/aromatic N) is 1. The second kappa shape index (κ2) is 12.9. The van der Waals surface area contributed by atoms with Gasteiger partial charge < -0.3 is 14.4 Å². The fraction of sp³-hybridized carbons (Fsp3) is 0.545. The number of ether oxygens (including phenoxy) is 2. The van der Waals surface area contributed by atoms with E-state index in [2.05, 4.69) is 59.9 Å². The number of aryl methyl sites for hydroxylation is 1. The number of carbonyl (C=O) groups is 1. The molecule has 2 aromatic rings. The van der Waals surface area contributed by atoms with Gasteiger partial charge in [-0.2, -0.15) is 0 Å². The number of hydrogen-bond acceptors (Lipinski definition) is 5. The molecule has 1 amide bonds. The van der Waals surface area contributed by atoms with Crippen molar-refractivity contribution >= 4 is 22.6 Å². The van der Waals surface area contributed by atoms with Crippen LogP contribution in [-0.2, 0) is 22.1 Å². The van der Waals surface area contributed by atoms with Crippen LogP contribution in [0.25, 0.3) is 0 Å². The molecule has 1 saturated carbocycles. The Bertz CT molecular complexity index is 1250. The molecule has 0 radical (unpaired) electrons. The molecule has 5 rings (SSSR count). The normalized spacial score (nSPS) is 31.6. The van der Waals surface area contributed by atoms with Gasteiger partial charge in [0.15, 0.2) is 0 Å². The van der Waals surface area contributed by atoms with Gasteiger partial charge in [0, 0.05) is 31.7 Å². The average molecular weight is 565 g/mol. The highest BCUT2D eigenvalue weighted by Gasteiger charge is 2.39. The first-order valence-corrected chi connectivity index (χ1v) is 16.1. The minimum atomic E-state index is -1.49. The van der Waals surface area contributed by atoms with Gasteiger partial charge in [0.25, 0.3) is 5.91 Å². The van der Waals surface area contributed by atoms with Gasteiger partial charge in [0.05, 0.1) is 23.6 Å². The Morgan fingerprint density at radius 3 is 2.70 bits per heavy atom. The molecule has 6 nitrogen and oxygen atoms in total. The van der Waals surface area contributed by atoms with Gasteiger partial charge in [-0.15, -0.1) is 0 Å². The van der Waals surface area contributed by atoms with Crippen LogP contribution in [0.15, 0.2) is 54.6 Å². The molecule has 1 N–H and O–H groups in total. The zero-order valence-corrected chi connectivity index (χ0v) is 25.1. The highest BCUT2D eigenvalue weighted by atomic mass is 32.2. The molecule has 216 valence electrons. The molecule has 7 heteroatoms. The fourth-order valence-electron chi connectivity index (χ4n) is 6.43.